The normalized spacial score (nSPS) is 17.4. The first-order valence-corrected chi connectivity index (χ1v) is 11.2. The van der Waals surface area contributed by atoms with Crippen LogP contribution < -0.4 is 15.0 Å². The van der Waals surface area contributed by atoms with E-state index in [4.69, 9.17) is 19.4 Å². The quantitative estimate of drug-likeness (QED) is 0.624. The highest BCUT2D eigenvalue weighted by atomic mass is 16.5. The Kier molecular flexibility index (Phi) is 7.16. The Bertz CT molecular complexity index is 945. The minimum atomic E-state index is -0.0238. The highest BCUT2D eigenvalue weighted by molar-refractivity contribution is 5.81. The van der Waals surface area contributed by atoms with E-state index >= 15 is 0 Å². The SMILES string of the molecule is CN(C)CCOc1ccnc(-c2nc3c(c(N(C)CC(=O)N[C@@H]4CCOC4)n2)CCC3)c1. The maximum absolute atomic E-state index is 12.5. The molecular formula is C23H32N6O3. The Morgan fingerprint density at radius 2 is 2.16 bits per heavy atom. The van der Waals surface area contributed by atoms with Gasteiger partial charge < -0.3 is 24.6 Å². The molecule has 1 aliphatic carbocycles. The van der Waals surface area contributed by atoms with Crippen molar-refractivity contribution in [3.63, 3.8) is 0 Å². The Balaban J connectivity index is 1.52. The number of hydrogen-bond acceptors (Lipinski definition) is 8. The number of ether oxygens (including phenoxy) is 2. The fourth-order valence-electron chi connectivity index (χ4n) is 4.02. The molecule has 32 heavy (non-hydrogen) atoms. The standard InChI is InChI=1S/C23H32N6O3/c1-28(2)10-12-32-17-7-9-24-20(13-17)22-26-19-6-4-5-18(19)23(27-22)29(3)14-21(30)25-16-8-11-31-15-16/h7,9,13,16H,4-6,8,10-12,14-15H2,1-3H3,(H,25,30)/t16-/m1/s1. The van der Waals surface area contributed by atoms with Gasteiger partial charge in [0.15, 0.2) is 5.82 Å². The molecule has 1 atom stereocenters. The van der Waals surface area contributed by atoms with Crippen molar-refractivity contribution in [2.75, 3.05) is 59.0 Å². The van der Waals surface area contributed by atoms with Crippen LogP contribution in [0.1, 0.15) is 24.1 Å². The average molecular weight is 441 g/mol. The van der Waals surface area contributed by atoms with Crippen LogP contribution in [-0.2, 0) is 22.4 Å². The zero-order valence-electron chi connectivity index (χ0n) is 19.1. The van der Waals surface area contributed by atoms with E-state index in [1.165, 1.54) is 0 Å². The van der Waals surface area contributed by atoms with Gasteiger partial charge in [-0.2, -0.15) is 0 Å². The van der Waals surface area contributed by atoms with Crippen molar-refractivity contribution < 1.29 is 14.3 Å². The zero-order valence-corrected chi connectivity index (χ0v) is 19.1. The zero-order chi connectivity index (χ0) is 22.5. The number of amides is 1. The summed E-state index contributed by atoms with van der Waals surface area (Å²) in [6, 6.07) is 3.82. The number of nitrogens with zero attached hydrogens (tertiary/aromatic N) is 5. The summed E-state index contributed by atoms with van der Waals surface area (Å²) in [6.45, 7) is 2.95. The number of fused-ring (bicyclic) bond motifs is 1. The fourth-order valence-corrected chi connectivity index (χ4v) is 4.02. The van der Waals surface area contributed by atoms with Gasteiger partial charge in [-0.1, -0.05) is 0 Å². The highest BCUT2D eigenvalue weighted by Crippen LogP contribution is 2.31. The Morgan fingerprint density at radius 1 is 1.28 bits per heavy atom. The first-order valence-electron chi connectivity index (χ1n) is 11.2. The van der Waals surface area contributed by atoms with E-state index in [1.54, 1.807) is 6.20 Å². The number of rotatable bonds is 9. The third-order valence-corrected chi connectivity index (χ3v) is 5.72. The molecule has 9 heteroatoms. The molecule has 0 spiro atoms. The van der Waals surface area contributed by atoms with Crippen LogP contribution in [0.3, 0.4) is 0 Å². The molecule has 2 aliphatic rings. The Labute approximate surface area is 189 Å². The summed E-state index contributed by atoms with van der Waals surface area (Å²) in [6.07, 6.45) is 5.46. The molecule has 1 amide bonds. The number of aromatic nitrogens is 3. The lowest BCUT2D eigenvalue weighted by Gasteiger charge is -2.22. The van der Waals surface area contributed by atoms with Gasteiger partial charge in [0.05, 0.1) is 19.2 Å². The molecule has 3 heterocycles. The Morgan fingerprint density at radius 3 is 2.94 bits per heavy atom. The minimum Gasteiger partial charge on any atom is -0.492 e. The molecule has 2 aromatic heterocycles. The number of aryl methyl sites for hydroxylation is 1. The molecule has 0 bridgehead atoms. The van der Waals surface area contributed by atoms with E-state index in [1.807, 2.05) is 38.2 Å². The van der Waals surface area contributed by atoms with Crippen LogP contribution in [0.5, 0.6) is 5.75 Å². The highest BCUT2D eigenvalue weighted by Gasteiger charge is 2.24. The van der Waals surface area contributed by atoms with Crippen LogP contribution in [0.25, 0.3) is 11.5 Å². The van der Waals surface area contributed by atoms with Crippen LogP contribution in [0.4, 0.5) is 5.82 Å². The van der Waals surface area contributed by atoms with Gasteiger partial charge in [0.25, 0.3) is 0 Å². The largest absolute Gasteiger partial charge is 0.492 e. The van der Waals surface area contributed by atoms with Crippen LogP contribution in [0, 0.1) is 0 Å². The lowest BCUT2D eigenvalue weighted by molar-refractivity contribution is -0.120. The summed E-state index contributed by atoms with van der Waals surface area (Å²) in [5, 5.41) is 3.05. The van der Waals surface area contributed by atoms with Gasteiger partial charge in [0.1, 0.15) is 23.9 Å². The third kappa shape index (κ3) is 5.52. The molecule has 0 saturated carbocycles. The average Bonchev–Trinajstić information content (AvgIpc) is 3.44. The van der Waals surface area contributed by atoms with E-state index in [0.717, 1.165) is 55.1 Å². The molecular weight excluding hydrogens is 408 g/mol. The summed E-state index contributed by atoms with van der Waals surface area (Å²) < 4.78 is 11.2. The summed E-state index contributed by atoms with van der Waals surface area (Å²) in [5.41, 5.74) is 2.85. The second-order valence-corrected chi connectivity index (χ2v) is 8.66. The van der Waals surface area contributed by atoms with E-state index < -0.39 is 0 Å². The molecule has 0 radical (unpaired) electrons. The van der Waals surface area contributed by atoms with Gasteiger partial charge in [0, 0.05) is 43.7 Å². The second-order valence-electron chi connectivity index (χ2n) is 8.66. The summed E-state index contributed by atoms with van der Waals surface area (Å²) in [7, 11) is 5.93. The van der Waals surface area contributed by atoms with Gasteiger partial charge in [-0.05, 0) is 45.8 Å². The van der Waals surface area contributed by atoms with Gasteiger partial charge in [-0.3, -0.25) is 9.78 Å². The summed E-state index contributed by atoms with van der Waals surface area (Å²) >= 11 is 0. The third-order valence-electron chi connectivity index (χ3n) is 5.72. The number of anilines is 1. The number of carbonyl (C=O) groups excluding carboxylic acids is 1. The minimum absolute atomic E-state index is 0.0238. The van der Waals surface area contributed by atoms with Gasteiger partial charge >= 0.3 is 0 Å². The van der Waals surface area contributed by atoms with E-state index in [2.05, 4.69) is 15.2 Å². The Hall–Kier alpha value is -2.78. The number of pyridine rings is 1. The predicted molar refractivity (Wildman–Crippen MR) is 122 cm³/mol. The molecule has 0 unspecified atom stereocenters. The van der Waals surface area contributed by atoms with Crippen molar-refractivity contribution in [3.05, 3.63) is 29.6 Å². The summed E-state index contributed by atoms with van der Waals surface area (Å²) in [5.74, 6) is 2.09. The van der Waals surface area contributed by atoms with Gasteiger partial charge in [-0.25, -0.2) is 9.97 Å². The van der Waals surface area contributed by atoms with E-state index in [-0.39, 0.29) is 18.5 Å². The fraction of sp³-hybridized carbons (Fsp3) is 0.565. The lowest BCUT2D eigenvalue weighted by atomic mass is 10.2. The van der Waals surface area contributed by atoms with E-state index in [0.29, 0.717) is 31.3 Å². The van der Waals surface area contributed by atoms with Crippen molar-refractivity contribution in [1.82, 2.24) is 25.2 Å². The molecule has 2 aromatic rings. The first kappa shape index (κ1) is 22.4. The number of hydrogen-bond donors (Lipinski definition) is 1. The number of nitrogens with one attached hydrogen (secondary N) is 1. The van der Waals surface area contributed by atoms with E-state index in [9.17, 15) is 4.79 Å². The van der Waals surface area contributed by atoms with Crippen LogP contribution in [-0.4, -0.2) is 85.9 Å². The smallest absolute Gasteiger partial charge is 0.239 e. The number of likely N-dealkylation sites (N-methyl/N-ethyl adjacent to an activating group) is 2. The molecule has 1 fully saturated rings. The molecule has 1 saturated heterocycles. The monoisotopic (exact) mass is 440 g/mol. The second kappa shape index (κ2) is 10.2. The van der Waals surface area contributed by atoms with Crippen molar-refractivity contribution in [1.29, 1.82) is 0 Å². The molecule has 9 nitrogen and oxygen atoms in total. The van der Waals surface area contributed by atoms with Crippen molar-refractivity contribution >= 4 is 11.7 Å². The molecule has 0 aromatic carbocycles. The first-order chi connectivity index (χ1) is 15.5. The topological polar surface area (TPSA) is 92.7 Å². The van der Waals surface area contributed by atoms with Gasteiger partial charge in [0.2, 0.25) is 5.91 Å². The molecule has 4 rings (SSSR count). The molecule has 172 valence electrons. The maximum Gasteiger partial charge on any atom is 0.239 e. The molecule has 1 aliphatic heterocycles. The maximum atomic E-state index is 12.5. The van der Waals surface area contributed by atoms with Crippen LogP contribution in [0.2, 0.25) is 0 Å². The van der Waals surface area contributed by atoms with Crippen LogP contribution >= 0.6 is 0 Å². The van der Waals surface area contributed by atoms with Crippen LogP contribution in [0.15, 0.2) is 18.3 Å². The van der Waals surface area contributed by atoms with Crippen molar-refractivity contribution in [3.8, 4) is 17.3 Å². The lowest BCUT2D eigenvalue weighted by Crippen LogP contribution is -2.41. The van der Waals surface area contributed by atoms with Gasteiger partial charge in [-0.15, -0.1) is 0 Å². The van der Waals surface area contributed by atoms with Crippen molar-refractivity contribution in [2.45, 2.75) is 31.7 Å². The van der Waals surface area contributed by atoms with Crippen molar-refractivity contribution in [2.24, 2.45) is 0 Å². The molecule has 1 N–H and O–H groups in total. The summed E-state index contributed by atoms with van der Waals surface area (Å²) in [4.78, 5) is 30.6. The number of carbonyl (C=O) groups is 1. The predicted octanol–water partition coefficient (Wildman–Crippen LogP) is 1.31.